The Kier molecular flexibility index (Phi) is 4.19. The van der Waals surface area contributed by atoms with Gasteiger partial charge in [0.05, 0.1) is 6.10 Å². The van der Waals surface area contributed by atoms with Crippen molar-refractivity contribution in [2.45, 2.75) is 20.0 Å². The van der Waals surface area contributed by atoms with E-state index in [2.05, 4.69) is 4.98 Å². The van der Waals surface area contributed by atoms with Crippen molar-refractivity contribution in [3.63, 3.8) is 0 Å². The molecule has 0 aliphatic heterocycles. The largest absolute Gasteiger partial charge is 0.485 e. The number of nitrogens with zero attached hydrogens (tertiary/aromatic N) is 1. The molecule has 0 saturated heterocycles. The third-order valence-corrected chi connectivity index (χ3v) is 1.46. The van der Waals surface area contributed by atoms with Crippen molar-refractivity contribution in [3.05, 3.63) is 18.3 Å². The van der Waals surface area contributed by atoms with Crippen LogP contribution in [-0.2, 0) is 0 Å². The van der Waals surface area contributed by atoms with Crippen LogP contribution in [-0.4, -0.2) is 24.2 Å². The Labute approximate surface area is 84.0 Å². The molecule has 4 nitrogen and oxygen atoms in total. The highest BCUT2D eigenvalue weighted by molar-refractivity contribution is 5.32. The number of pyridine rings is 1. The van der Waals surface area contributed by atoms with Gasteiger partial charge in [0.25, 0.3) is 5.88 Å². The van der Waals surface area contributed by atoms with Crippen LogP contribution in [0.5, 0.6) is 11.6 Å². The third kappa shape index (κ3) is 3.22. The lowest BCUT2D eigenvalue weighted by molar-refractivity contribution is 0.218. The number of hydrogen-bond donors (Lipinski definition) is 1. The molecular weight excluding hydrogens is 180 g/mol. The topological polar surface area (TPSA) is 57.4 Å². The maximum absolute atomic E-state index is 5.51. The molecule has 0 atom stereocenters. The van der Waals surface area contributed by atoms with Crippen LogP contribution in [0.4, 0.5) is 0 Å². The smallest absolute Gasteiger partial charge is 0.257 e. The van der Waals surface area contributed by atoms with Crippen LogP contribution in [0.25, 0.3) is 0 Å². The van der Waals surface area contributed by atoms with Gasteiger partial charge in [-0.25, -0.2) is 4.98 Å². The van der Waals surface area contributed by atoms with E-state index in [9.17, 15) is 0 Å². The molecule has 0 amide bonds. The lowest BCUT2D eigenvalue weighted by atomic mass is 10.4. The van der Waals surface area contributed by atoms with Gasteiger partial charge in [-0.1, -0.05) is 0 Å². The first-order valence-corrected chi connectivity index (χ1v) is 4.68. The molecule has 1 aromatic rings. The summed E-state index contributed by atoms with van der Waals surface area (Å²) in [5.41, 5.74) is 5.33. The zero-order valence-electron chi connectivity index (χ0n) is 8.56. The molecule has 1 aromatic heterocycles. The van der Waals surface area contributed by atoms with Gasteiger partial charge in [-0.2, -0.15) is 0 Å². The molecule has 0 aromatic carbocycles. The van der Waals surface area contributed by atoms with E-state index in [4.69, 9.17) is 15.2 Å². The van der Waals surface area contributed by atoms with Crippen LogP contribution >= 0.6 is 0 Å². The quantitative estimate of drug-likeness (QED) is 0.769. The first-order valence-electron chi connectivity index (χ1n) is 4.68. The first-order chi connectivity index (χ1) is 6.74. The Bertz CT molecular complexity index is 277. The van der Waals surface area contributed by atoms with Gasteiger partial charge in [0.2, 0.25) is 0 Å². The lowest BCUT2D eigenvalue weighted by Gasteiger charge is -2.12. The van der Waals surface area contributed by atoms with Crippen LogP contribution < -0.4 is 15.2 Å². The maximum Gasteiger partial charge on any atom is 0.257 e. The summed E-state index contributed by atoms with van der Waals surface area (Å²) in [4.78, 5) is 4.07. The second-order valence-electron chi connectivity index (χ2n) is 3.11. The normalized spacial score (nSPS) is 10.3. The number of aromatic nitrogens is 1. The SMILES string of the molecule is CC(C)Oc1cccnc1OCCN. The van der Waals surface area contributed by atoms with Crippen LogP contribution in [0.15, 0.2) is 18.3 Å². The van der Waals surface area contributed by atoms with Gasteiger partial charge in [0.15, 0.2) is 5.75 Å². The van der Waals surface area contributed by atoms with Crippen molar-refractivity contribution in [1.82, 2.24) is 4.98 Å². The Hall–Kier alpha value is -1.29. The standard InChI is InChI=1S/C10H16N2O2/c1-8(2)14-9-4-3-6-12-10(9)13-7-5-11/h3-4,6,8H,5,7,11H2,1-2H3. The maximum atomic E-state index is 5.51. The Morgan fingerprint density at radius 2 is 2.29 bits per heavy atom. The van der Waals surface area contributed by atoms with Crippen LogP contribution in [0.1, 0.15) is 13.8 Å². The average molecular weight is 196 g/mol. The summed E-state index contributed by atoms with van der Waals surface area (Å²) >= 11 is 0. The van der Waals surface area contributed by atoms with E-state index in [-0.39, 0.29) is 6.10 Å². The Morgan fingerprint density at radius 1 is 1.50 bits per heavy atom. The van der Waals surface area contributed by atoms with Gasteiger partial charge in [0, 0.05) is 12.7 Å². The molecule has 2 N–H and O–H groups in total. The van der Waals surface area contributed by atoms with Gasteiger partial charge in [-0.15, -0.1) is 0 Å². The molecule has 14 heavy (non-hydrogen) atoms. The number of rotatable bonds is 5. The number of hydrogen-bond acceptors (Lipinski definition) is 4. The first kappa shape index (κ1) is 10.8. The van der Waals surface area contributed by atoms with E-state index in [1.807, 2.05) is 26.0 Å². The summed E-state index contributed by atoms with van der Waals surface area (Å²) in [5, 5.41) is 0. The molecule has 0 saturated carbocycles. The Morgan fingerprint density at radius 3 is 2.93 bits per heavy atom. The minimum Gasteiger partial charge on any atom is -0.485 e. The Balaban J connectivity index is 2.69. The summed E-state index contributed by atoms with van der Waals surface area (Å²) in [6.45, 7) is 4.84. The minimum atomic E-state index is 0.111. The van der Waals surface area contributed by atoms with Crippen LogP contribution in [0.3, 0.4) is 0 Å². The fraction of sp³-hybridized carbons (Fsp3) is 0.500. The molecule has 0 radical (unpaired) electrons. The fourth-order valence-electron chi connectivity index (χ4n) is 0.984. The number of ether oxygens (including phenoxy) is 2. The summed E-state index contributed by atoms with van der Waals surface area (Å²) in [7, 11) is 0. The molecule has 0 fully saturated rings. The summed E-state index contributed by atoms with van der Waals surface area (Å²) in [6, 6.07) is 3.64. The van der Waals surface area contributed by atoms with Crippen LogP contribution in [0, 0.1) is 0 Å². The summed E-state index contributed by atoms with van der Waals surface area (Å²) in [6.07, 6.45) is 1.78. The molecule has 0 unspecified atom stereocenters. The van der Waals surface area contributed by atoms with Gasteiger partial charge in [-0.3, -0.25) is 0 Å². The van der Waals surface area contributed by atoms with E-state index < -0.39 is 0 Å². The minimum absolute atomic E-state index is 0.111. The zero-order valence-corrected chi connectivity index (χ0v) is 8.56. The lowest BCUT2D eigenvalue weighted by Crippen LogP contribution is -2.13. The van der Waals surface area contributed by atoms with Crippen molar-refractivity contribution in [2.75, 3.05) is 13.2 Å². The molecule has 0 aliphatic rings. The predicted octanol–water partition coefficient (Wildman–Crippen LogP) is 1.21. The van der Waals surface area contributed by atoms with E-state index >= 15 is 0 Å². The highest BCUT2D eigenvalue weighted by Crippen LogP contribution is 2.24. The van der Waals surface area contributed by atoms with Crippen molar-refractivity contribution in [3.8, 4) is 11.6 Å². The molecule has 0 aliphatic carbocycles. The van der Waals surface area contributed by atoms with E-state index in [1.165, 1.54) is 0 Å². The van der Waals surface area contributed by atoms with Crippen LogP contribution in [0.2, 0.25) is 0 Å². The van der Waals surface area contributed by atoms with Gasteiger partial charge >= 0.3 is 0 Å². The molecule has 1 rings (SSSR count). The van der Waals surface area contributed by atoms with Crippen molar-refractivity contribution < 1.29 is 9.47 Å². The zero-order chi connectivity index (χ0) is 10.4. The second kappa shape index (κ2) is 5.44. The van der Waals surface area contributed by atoms with Gasteiger partial charge < -0.3 is 15.2 Å². The van der Waals surface area contributed by atoms with Gasteiger partial charge in [-0.05, 0) is 26.0 Å². The second-order valence-corrected chi connectivity index (χ2v) is 3.11. The summed E-state index contributed by atoms with van der Waals surface area (Å²) < 4.78 is 10.8. The van der Waals surface area contributed by atoms with E-state index in [1.54, 1.807) is 6.20 Å². The average Bonchev–Trinajstić information content (AvgIpc) is 2.16. The van der Waals surface area contributed by atoms with Crippen molar-refractivity contribution in [2.24, 2.45) is 5.73 Å². The van der Waals surface area contributed by atoms with E-state index in [0.29, 0.717) is 24.8 Å². The molecule has 1 heterocycles. The third-order valence-electron chi connectivity index (χ3n) is 1.46. The fourth-order valence-corrected chi connectivity index (χ4v) is 0.984. The van der Waals surface area contributed by atoms with Crippen molar-refractivity contribution >= 4 is 0 Å². The highest BCUT2D eigenvalue weighted by atomic mass is 16.5. The molecular formula is C10H16N2O2. The van der Waals surface area contributed by atoms with Gasteiger partial charge in [0.1, 0.15) is 6.61 Å². The molecule has 4 heteroatoms. The molecule has 78 valence electrons. The van der Waals surface area contributed by atoms with E-state index in [0.717, 1.165) is 0 Å². The monoisotopic (exact) mass is 196 g/mol. The molecule has 0 bridgehead atoms. The predicted molar refractivity (Wildman–Crippen MR) is 54.6 cm³/mol. The number of nitrogens with two attached hydrogens (primary N) is 1. The molecule has 0 spiro atoms. The van der Waals surface area contributed by atoms with Crippen molar-refractivity contribution in [1.29, 1.82) is 0 Å². The summed E-state index contributed by atoms with van der Waals surface area (Å²) in [5.74, 6) is 1.17. The highest BCUT2D eigenvalue weighted by Gasteiger charge is 2.06.